The molecular weight excluding hydrogens is 176 g/mol. The largest absolute Gasteiger partial charge is 0.383 e. The first-order chi connectivity index (χ1) is 6.70. The number of hydrogen-bond acceptors (Lipinski definition) is 3. The van der Waals surface area contributed by atoms with Gasteiger partial charge in [0, 0.05) is 13.2 Å². The number of nitrogens with zero attached hydrogens (tertiary/aromatic N) is 3. The molecule has 0 saturated carbocycles. The zero-order valence-corrected chi connectivity index (χ0v) is 9.07. The van der Waals surface area contributed by atoms with Crippen LogP contribution in [0.2, 0.25) is 0 Å². The first-order valence-electron chi connectivity index (χ1n) is 4.74. The van der Waals surface area contributed by atoms with E-state index in [0.717, 1.165) is 16.6 Å². The van der Waals surface area contributed by atoms with Crippen LogP contribution in [0.4, 0.5) is 5.82 Å². The number of anilines is 1. The Morgan fingerprint density at radius 2 is 2.00 bits per heavy atom. The van der Waals surface area contributed by atoms with Crippen LogP contribution in [0.15, 0.2) is 12.3 Å². The number of pyridine rings is 1. The van der Waals surface area contributed by atoms with E-state index in [0.29, 0.717) is 5.82 Å². The molecule has 76 valence electrons. The molecule has 0 bridgehead atoms. The number of nitrogen functional groups attached to an aromatic ring is 1. The van der Waals surface area contributed by atoms with E-state index in [1.54, 1.807) is 6.20 Å². The Bertz CT molecular complexity index is 431. The molecule has 2 aromatic heterocycles. The summed E-state index contributed by atoms with van der Waals surface area (Å²) in [7, 11) is 1.90. The van der Waals surface area contributed by atoms with E-state index in [2.05, 4.69) is 10.1 Å². The fraction of sp³-hybridized carbons (Fsp3) is 0.400. The van der Waals surface area contributed by atoms with E-state index in [-0.39, 0.29) is 0 Å². The van der Waals surface area contributed by atoms with Gasteiger partial charge in [-0.1, -0.05) is 13.8 Å². The van der Waals surface area contributed by atoms with Gasteiger partial charge in [-0.05, 0) is 13.0 Å². The highest BCUT2D eigenvalue weighted by Gasteiger charge is 2.07. The van der Waals surface area contributed by atoms with Crippen LogP contribution in [0.1, 0.15) is 19.5 Å². The molecule has 0 fully saturated rings. The predicted octanol–water partition coefficient (Wildman–Crippen LogP) is 1.89. The minimum absolute atomic E-state index is 0.554. The van der Waals surface area contributed by atoms with E-state index >= 15 is 0 Å². The van der Waals surface area contributed by atoms with Crippen molar-refractivity contribution < 1.29 is 0 Å². The molecule has 0 atom stereocenters. The fourth-order valence-electron chi connectivity index (χ4n) is 1.44. The van der Waals surface area contributed by atoms with Gasteiger partial charge in [0.25, 0.3) is 0 Å². The molecule has 0 aromatic carbocycles. The van der Waals surface area contributed by atoms with E-state index in [9.17, 15) is 0 Å². The van der Waals surface area contributed by atoms with Crippen LogP contribution in [-0.4, -0.2) is 14.8 Å². The van der Waals surface area contributed by atoms with Crippen LogP contribution < -0.4 is 5.73 Å². The summed E-state index contributed by atoms with van der Waals surface area (Å²) in [6.07, 6.45) is 1.69. The maximum Gasteiger partial charge on any atom is 0.134 e. The van der Waals surface area contributed by atoms with E-state index in [1.165, 1.54) is 0 Å². The molecule has 0 radical (unpaired) electrons. The smallest absolute Gasteiger partial charge is 0.134 e. The molecule has 0 aliphatic heterocycles. The molecule has 0 aliphatic rings. The van der Waals surface area contributed by atoms with E-state index < -0.39 is 0 Å². The van der Waals surface area contributed by atoms with Gasteiger partial charge in [-0.15, -0.1) is 0 Å². The first-order valence-corrected chi connectivity index (χ1v) is 4.74. The third-order valence-electron chi connectivity index (χ3n) is 1.97. The third-order valence-corrected chi connectivity index (χ3v) is 1.97. The quantitative estimate of drug-likeness (QED) is 0.693. The van der Waals surface area contributed by atoms with Crippen molar-refractivity contribution in [1.29, 1.82) is 0 Å². The monoisotopic (exact) mass is 192 g/mol. The van der Waals surface area contributed by atoms with E-state index in [1.807, 2.05) is 38.6 Å². The summed E-state index contributed by atoms with van der Waals surface area (Å²) in [4.78, 5) is 4.01. The van der Waals surface area contributed by atoms with Crippen LogP contribution in [-0.2, 0) is 7.05 Å². The highest BCUT2D eigenvalue weighted by Crippen LogP contribution is 2.20. The topological polar surface area (TPSA) is 56.7 Å². The highest BCUT2D eigenvalue weighted by molar-refractivity contribution is 5.90. The second-order valence-electron chi connectivity index (χ2n) is 2.80. The Morgan fingerprint density at radius 1 is 1.36 bits per heavy atom. The van der Waals surface area contributed by atoms with Crippen LogP contribution in [0.3, 0.4) is 0 Å². The summed E-state index contributed by atoms with van der Waals surface area (Å²) in [5.41, 5.74) is 7.66. The summed E-state index contributed by atoms with van der Waals surface area (Å²) >= 11 is 0. The Morgan fingerprint density at radius 3 is 2.57 bits per heavy atom. The Balaban J connectivity index is 0.000000461. The predicted molar refractivity (Wildman–Crippen MR) is 59.0 cm³/mol. The van der Waals surface area contributed by atoms with Crippen LogP contribution in [0.5, 0.6) is 0 Å². The van der Waals surface area contributed by atoms with Crippen molar-refractivity contribution in [2.24, 2.45) is 7.05 Å². The van der Waals surface area contributed by atoms with Gasteiger partial charge < -0.3 is 5.73 Å². The zero-order chi connectivity index (χ0) is 10.7. The maximum absolute atomic E-state index is 5.71. The molecule has 0 saturated heterocycles. The Hall–Kier alpha value is -1.58. The van der Waals surface area contributed by atoms with Gasteiger partial charge in [0.15, 0.2) is 0 Å². The van der Waals surface area contributed by atoms with Crippen molar-refractivity contribution >= 4 is 16.7 Å². The molecule has 2 rings (SSSR count). The summed E-state index contributed by atoms with van der Waals surface area (Å²) < 4.78 is 1.81. The molecule has 0 unspecified atom stereocenters. The number of aryl methyl sites for hydroxylation is 2. The van der Waals surface area contributed by atoms with Crippen molar-refractivity contribution in [3.05, 3.63) is 18.0 Å². The normalized spacial score (nSPS) is 9.71. The van der Waals surface area contributed by atoms with Gasteiger partial charge in [-0.2, -0.15) is 5.10 Å². The van der Waals surface area contributed by atoms with Crippen molar-refractivity contribution in [1.82, 2.24) is 14.8 Å². The second-order valence-corrected chi connectivity index (χ2v) is 2.80. The van der Waals surface area contributed by atoms with Gasteiger partial charge in [0.1, 0.15) is 5.82 Å². The Labute approximate surface area is 83.7 Å². The summed E-state index contributed by atoms with van der Waals surface area (Å²) in [5, 5.41) is 5.21. The average Bonchev–Trinajstić information content (AvgIpc) is 2.47. The summed E-state index contributed by atoms with van der Waals surface area (Å²) in [6, 6.07) is 1.91. The van der Waals surface area contributed by atoms with Crippen molar-refractivity contribution in [3.8, 4) is 0 Å². The van der Waals surface area contributed by atoms with Crippen molar-refractivity contribution in [2.45, 2.75) is 20.8 Å². The molecule has 4 nitrogen and oxygen atoms in total. The third kappa shape index (κ3) is 1.55. The van der Waals surface area contributed by atoms with E-state index in [4.69, 9.17) is 5.73 Å². The lowest BCUT2D eigenvalue weighted by Crippen LogP contribution is -1.91. The standard InChI is InChI=1S/C8H10N4.C2H6/c1-5-7-6(12(2)11-5)3-4-10-8(7)9;1-2/h3-4H,1-2H3,(H2,9,10);1-2H3. The number of fused-ring (bicyclic) bond motifs is 1. The average molecular weight is 192 g/mol. The van der Waals surface area contributed by atoms with Gasteiger partial charge in [0.05, 0.1) is 16.6 Å². The Kier molecular flexibility index (Phi) is 3.06. The molecule has 4 heteroatoms. The first kappa shape index (κ1) is 10.5. The van der Waals surface area contributed by atoms with Gasteiger partial charge in [-0.3, -0.25) is 4.68 Å². The molecule has 0 amide bonds. The summed E-state index contributed by atoms with van der Waals surface area (Å²) in [6.45, 7) is 5.93. The molecule has 0 spiro atoms. The van der Waals surface area contributed by atoms with Gasteiger partial charge in [-0.25, -0.2) is 4.98 Å². The molecule has 0 aliphatic carbocycles. The maximum atomic E-state index is 5.71. The van der Waals surface area contributed by atoms with Crippen LogP contribution in [0, 0.1) is 6.92 Å². The lowest BCUT2D eigenvalue weighted by Gasteiger charge is -1.95. The second kappa shape index (κ2) is 4.09. The summed E-state index contributed by atoms with van der Waals surface area (Å²) in [5.74, 6) is 0.554. The number of rotatable bonds is 0. The molecule has 14 heavy (non-hydrogen) atoms. The lowest BCUT2D eigenvalue weighted by atomic mass is 10.2. The van der Waals surface area contributed by atoms with Crippen LogP contribution in [0.25, 0.3) is 10.9 Å². The molecular formula is C10H16N4. The highest BCUT2D eigenvalue weighted by atomic mass is 15.3. The minimum Gasteiger partial charge on any atom is -0.383 e. The van der Waals surface area contributed by atoms with Crippen molar-refractivity contribution in [2.75, 3.05) is 5.73 Å². The van der Waals surface area contributed by atoms with Crippen LogP contribution >= 0.6 is 0 Å². The van der Waals surface area contributed by atoms with Gasteiger partial charge in [0.2, 0.25) is 0 Å². The number of aromatic nitrogens is 3. The number of hydrogen-bond donors (Lipinski definition) is 1. The molecule has 2 heterocycles. The van der Waals surface area contributed by atoms with Crippen molar-refractivity contribution in [3.63, 3.8) is 0 Å². The minimum atomic E-state index is 0.554. The fourth-order valence-corrected chi connectivity index (χ4v) is 1.44. The zero-order valence-electron chi connectivity index (χ0n) is 9.07. The SMILES string of the molecule is CC.Cc1nn(C)c2ccnc(N)c12. The van der Waals surface area contributed by atoms with Gasteiger partial charge >= 0.3 is 0 Å². The number of nitrogens with two attached hydrogens (primary N) is 1. The molecule has 2 N–H and O–H groups in total. The lowest BCUT2D eigenvalue weighted by molar-refractivity contribution is 0.783. The molecule has 2 aromatic rings.